The molecule has 1 aliphatic carbocycles. The highest BCUT2D eigenvalue weighted by atomic mass is 15.0. The molecule has 1 aliphatic rings. The summed E-state index contributed by atoms with van der Waals surface area (Å²) in [6, 6.07) is 80.0. The maximum atomic E-state index is 2.52. The van der Waals surface area contributed by atoms with E-state index < -0.39 is 0 Å². The van der Waals surface area contributed by atoms with E-state index in [4.69, 9.17) is 0 Å². The lowest BCUT2D eigenvalue weighted by atomic mass is 9.90. The van der Waals surface area contributed by atoms with E-state index in [1.807, 2.05) is 0 Å². The first-order valence-electron chi connectivity index (χ1n) is 22.0. The molecule has 3 heterocycles. The number of allylic oxidation sites excluding steroid dienone is 1. The summed E-state index contributed by atoms with van der Waals surface area (Å²) in [6.45, 7) is 0. The zero-order valence-electron chi connectivity index (χ0n) is 34.6. The Hall–Kier alpha value is -8.14. The van der Waals surface area contributed by atoms with E-state index in [1.54, 1.807) is 0 Å². The molecule has 0 spiro atoms. The van der Waals surface area contributed by atoms with Gasteiger partial charge in [-0.1, -0.05) is 133 Å². The first-order chi connectivity index (χ1) is 31.2. The van der Waals surface area contributed by atoms with Crippen LogP contribution >= 0.6 is 0 Å². The number of rotatable bonds is 6. The van der Waals surface area contributed by atoms with Crippen LogP contribution < -0.4 is 0 Å². The Bertz CT molecular complexity index is 3750. The minimum Gasteiger partial charge on any atom is -0.313 e. The van der Waals surface area contributed by atoms with Gasteiger partial charge in [0.2, 0.25) is 0 Å². The molecular weight excluding hydrogens is 763 g/mol. The first kappa shape index (κ1) is 35.6. The molecule has 0 saturated carbocycles. The fourth-order valence-corrected chi connectivity index (χ4v) is 10.4. The van der Waals surface area contributed by atoms with Crippen LogP contribution in [0.2, 0.25) is 0 Å². The van der Waals surface area contributed by atoms with Crippen LogP contribution in [0.5, 0.6) is 0 Å². The van der Waals surface area contributed by atoms with Crippen molar-refractivity contribution in [1.29, 1.82) is 0 Å². The molecule has 0 radical (unpaired) electrons. The molecule has 0 amide bonds. The Morgan fingerprint density at radius 1 is 0.270 bits per heavy atom. The summed E-state index contributed by atoms with van der Waals surface area (Å²) in [5.41, 5.74) is 19.9. The Kier molecular flexibility index (Phi) is 8.04. The third kappa shape index (κ3) is 5.67. The van der Waals surface area contributed by atoms with Crippen molar-refractivity contribution in [2.75, 3.05) is 0 Å². The molecule has 0 unspecified atom stereocenters. The van der Waals surface area contributed by atoms with Gasteiger partial charge >= 0.3 is 0 Å². The van der Waals surface area contributed by atoms with Gasteiger partial charge in [0.1, 0.15) is 0 Å². The van der Waals surface area contributed by atoms with Gasteiger partial charge in [-0.3, -0.25) is 0 Å². The highest BCUT2D eigenvalue weighted by Gasteiger charge is 2.24. The zero-order valence-corrected chi connectivity index (χ0v) is 34.6. The second-order valence-corrected chi connectivity index (χ2v) is 16.9. The van der Waals surface area contributed by atoms with Crippen LogP contribution in [-0.4, -0.2) is 13.7 Å². The van der Waals surface area contributed by atoms with Crippen LogP contribution in [0.1, 0.15) is 23.2 Å². The van der Waals surface area contributed by atoms with Crippen LogP contribution in [0.4, 0.5) is 0 Å². The Morgan fingerprint density at radius 2 is 0.683 bits per heavy atom. The van der Waals surface area contributed by atoms with Gasteiger partial charge in [-0.05, 0) is 137 Å². The van der Waals surface area contributed by atoms with Crippen molar-refractivity contribution in [2.24, 2.45) is 0 Å². The molecule has 0 fully saturated rings. The minimum atomic E-state index is 0.945. The van der Waals surface area contributed by atoms with Crippen molar-refractivity contribution in [3.05, 3.63) is 235 Å². The van der Waals surface area contributed by atoms with Gasteiger partial charge in [0.15, 0.2) is 0 Å². The summed E-state index contributed by atoms with van der Waals surface area (Å²) >= 11 is 0. The van der Waals surface area contributed by atoms with Gasteiger partial charge in [0.25, 0.3) is 0 Å². The van der Waals surface area contributed by atoms with Crippen LogP contribution in [-0.2, 0) is 6.42 Å². The second-order valence-electron chi connectivity index (χ2n) is 16.9. The number of nitrogens with zero attached hydrogens (tertiary/aromatic N) is 3. The summed E-state index contributed by atoms with van der Waals surface area (Å²) in [6.07, 6.45) is 4.40. The van der Waals surface area contributed by atoms with E-state index in [9.17, 15) is 0 Å². The van der Waals surface area contributed by atoms with Crippen molar-refractivity contribution >= 4 is 66.2 Å². The molecule has 3 nitrogen and oxygen atoms in total. The maximum Gasteiger partial charge on any atom is 0.0541 e. The van der Waals surface area contributed by atoms with Crippen LogP contribution in [0, 0.1) is 0 Å². The fourth-order valence-electron chi connectivity index (χ4n) is 10.4. The van der Waals surface area contributed by atoms with Crippen molar-refractivity contribution in [3.8, 4) is 39.3 Å². The van der Waals surface area contributed by atoms with Crippen molar-refractivity contribution in [1.82, 2.24) is 13.7 Å². The lowest BCUT2D eigenvalue weighted by Gasteiger charge is -2.18. The van der Waals surface area contributed by atoms with E-state index in [1.165, 1.54) is 116 Å². The third-order valence-corrected chi connectivity index (χ3v) is 13.4. The van der Waals surface area contributed by atoms with E-state index in [2.05, 4.69) is 238 Å². The lowest BCUT2D eigenvalue weighted by molar-refractivity contribution is 0.898. The first-order valence-corrected chi connectivity index (χ1v) is 22.0. The van der Waals surface area contributed by atoms with Crippen LogP contribution in [0.3, 0.4) is 0 Å². The highest BCUT2D eigenvalue weighted by Crippen LogP contribution is 2.43. The summed E-state index contributed by atoms with van der Waals surface area (Å²) in [5, 5.41) is 6.36. The molecule has 0 bridgehead atoms. The van der Waals surface area contributed by atoms with Crippen molar-refractivity contribution in [3.63, 3.8) is 0 Å². The van der Waals surface area contributed by atoms with E-state index in [-0.39, 0.29) is 0 Å². The molecule has 296 valence electrons. The second kappa shape index (κ2) is 14.2. The van der Waals surface area contributed by atoms with Gasteiger partial charge in [-0.2, -0.15) is 0 Å². The molecule has 3 aromatic heterocycles. The average Bonchev–Trinajstić information content (AvgIpc) is 3.99. The van der Waals surface area contributed by atoms with E-state index >= 15 is 0 Å². The molecule has 0 N–H and O–H groups in total. The number of hydrogen-bond donors (Lipinski definition) is 0. The quantitative estimate of drug-likeness (QED) is 0.159. The zero-order chi connectivity index (χ0) is 41.4. The fraction of sp³-hybridized carbons (Fsp3) is 0.0333. The van der Waals surface area contributed by atoms with Crippen molar-refractivity contribution in [2.45, 2.75) is 12.8 Å². The number of aromatic nitrogens is 3. The van der Waals surface area contributed by atoms with Gasteiger partial charge < -0.3 is 13.7 Å². The summed E-state index contributed by atoms with van der Waals surface area (Å²) in [5.74, 6) is 0. The molecule has 3 heteroatoms. The van der Waals surface area contributed by atoms with Gasteiger partial charge in [-0.15, -0.1) is 0 Å². The Morgan fingerprint density at radius 3 is 1.27 bits per heavy atom. The third-order valence-electron chi connectivity index (χ3n) is 13.4. The normalized spacial score (nSPS) is 12.7. The molecule has 12 aromatic rings. The summed E-state index contributed by atoms with van der Waals surface area (Å²) in [4.78, 5) is 0. The smallest absolute Gasteiger partial charge is 0.0541 e. The van der Waals surface area contributed by atoms with Gasteiger partial charge in [0.05, 0.1) is 27.6 Å². The Balaban J connectivity index is 0.984. The molecule has 0 atom stereocenters. The highest BCUT2D eigenvalue weighted by molar-refractivity contribution is 6.12. The van der Waals surface area contributed by atoms with Gasteiger partial charge in [-0.25, -0.2) is 0 Å². The van der Waals surface area contributed by atoms with E-state index in [0.717, 1.165) is 12.8 Å². The summed E-state index contributed by atoms with van der Waals surface area (Å²) < 4.78 is 7.31. The largest absolute Gasteiger partial charge is 0.313 e. The number of benzene rings is 9. The number of fused-ring (bicyclic) bond motifs is 9. The van der Waals surface area contributed by atoms with Crippen molar-refractivity contribution < 1.29 is 0 Å². The monoisotopic (exact) mass is 803 g/mol. The Labute approximate surface area is 365 Å². The molecule has 0 aliphatic heterocycles. The summed E-state index contributed by atoms with van der Waals surface area (Å²) in [7, 11) is 0. The molecule has 63 heavy (non-hydrogen) atoms. The molecule has 0 saturated heterocycles. The molecular formula is C60H41N3. The van der Waals surface area contributed by atoms with Crippen LogP contribution in [0.15, 0.2) is 218 Å². The van der Waals surface area contributed by atoms with Crippen LogP contribution in [0.25, 0.3) is 105 Å². The number of hydrogen-bond acceptors (Lipinski definition) is 0. The van der Waals surface area contributed by atoms with E-state index in [0.29, 0.717) is 0 Å². The topological polar surface area (TPSA) is 14.8 Å². The lowest BCUT2D eigenvalue weighted by Crippen LogP contribution is -2.05. The SMILES string of the molecule is C1=C(c2ccc3c(c2)c2ccccc2n3-c2ccccc2)CCc2c1c1cc(-c3ccc4c(c3)c3ccccc3n4-c3ccccc3)ccc1n2-c1ccc(-c2ccccc2)cc1. The standard InChI is InChI=1S/C60H41N3/c1-4-14-40(15-5-1)41-24-30-48(31-25-41)63-59-34-28-44(42-26-32-57-51(36-42)49-20-10-12-22-55(49)61(57)46-16-6-2-7-17-46)38-53(59)54-39-45(29-35-60(54)63)43-27-33-58-52(37-43)50-21-11-13-23-56(50)62(58)47-18-8-3-9-19-47/h1-28,30-34,36-39H,29,35H2. The minimum absolute atomic E-state index is 0.945. The average molecular weight is 804 g/mol. The molecule has 13 rings (SSSR count). The van der Waals surface area contributed by atoms with Gasteiger partial charge in [0, 0.05) is 55.3 Å². The maximum absolute atomic E-state index is 2.52. The molecule has 9 aromatic carbocycles. The number of para-hydroxylation sites is 4. The predicted octanol–water partition coefficient (Wildman–Crippen LogP) is 15.6. The predicted molar refractivity (Wildman–Crippen MR) is 265 cm³/mol.